The van der Waals surface area contributed by atoms with Crippen LogP contribution in [-0.2, 0) is 11.3 Å². The van der Waals surface area contributed by atoms with Gasteiger partial charge in [-0.3, -0.25) is 10.1 Å². The zero-order valence-corrected chi connectivity index (χ0v) is 10.8. The van der Waals surface area contributed by atoms with Crippen molar-refractivity contribution in [1.29, 1.82) is 0 Å². The molecule has 0 aliphatic rings. The lowest BCUT2D eigenvalue weighted by Crippen LogP contribution is -2.33. The zero-order chi connectivity index (χ0) is 13.8. The van der Waals surface area contributed by atoms with Gasteiger partial charge in [0.2, 0.25) is 5.91 Å². The number of nitrogens with one attached hydrogen (secondary N) is 1. The predicted molar refractivity (Wildman–Crippen MR) is 71.2 cm³/mol. The molecule has 0 bridgehead atoms. The molecule has 1 aromatic heterocycles. The summed E-state index contributed by atoms with van der Waals surface area (Å²) >= 11 is 1.53. The number of nitrogens with two attached hydrogens (primary N) is 1. The van der Waals surface area contributed by atoms with Crippen LogP contribution in [0.1, 0.15) is 16.5 Å². The summed E-state index contributed by atoms with van der Waals surface area (Å²) in [5.74, 6) is -1.36. The minimum atomic E-state index is -0.933. The van der Waals surface area contributed by atoms with Gasteiger partial charge in [0.1, 0.15) is 17.6 Å². The lowest BCUT2D eigenvalue weighted by atomic mass is 10.0. The summed E-state index contributed by atoms with van der Waals surface area (Å²) in [6, 6.07) is 6.29. The number of halogens is 1. The predicted octanol–water partition coefficient (Wildman–Crippen LogP) is 1.91. The Morgan fingerprint density at radius 2 is 2.26 bits per heavy atom. The third-order valence-corrected chi connectivity index (χ3v) is 3.52. The van der Waals surface area contributed by atoms with Crippen molar-refractivity contribution in [1.82, 2.24) is 5.32 Å². The van der Waals surface area contributed by atoms with Gasteiger partial charge in [-0.25, -0.2) is 4.39 Å². The molecule has 0 aliphatic heterocycles. The number of phenols is 1. The summed E-state index contributed by atoms with van der Waals surface area (Å²) < 4.78 is 13.2. The van der Waals surface area contributed by atoms with E-state index >= 15 is 0 Å². The Hall–Kier alpha value is -1.92. The molecule has 19 heavy (non-hydrogen) atoms. The number of hydrogen-bond acceptors (Lipinski definition) is 4. The van der Waals surface area contributed by atoms with E-state index in [0.717, 1.165) is 17.0 Å². The maximum absolute atomic E-state index is 13.2. The summed E-state index contributed by atoms with van der Waals surface area (Å²) in [6.07, 6.45) is 0. The third kappa shape index (κ3) is 3.30. The molecule has 0 saturated heterocycles. The molecule has 2 aromatic rings. The SMILES string of the molecule is NC(=O)C(NCc1cccs1)c1cc(F)ccc1O. The van der Waals surface area contributed by atoms with E-state index in [0.29, 0.717) is 6.54 Å². The van der Waals surface area contributed by atoms with Crippen LogP contribution in [0.15, 0.2) is 35.7 Å². The molecule has 4 nitrogen and oxygen atoms in total. The average molecular weight is 280 g/mol. The summed E-state index contributed by atoms with van der Waals surface area (Å²) in [4.78, 5) is 12.5. The van der Waals surface area contributed by atoms with Gasteiger partial charge < -0.3 is 10.8 Å². The number of thiophene rings is 1. The van der Waals surface area contributed by atoms with Gasteiger partial charge in [-0.05, 0) is 29.6 Å². The van der Waals surface area contributed by atoms with E-state index in [9.17, 15) is 14.3 Å². The van der Waals surface area contributed by atoms with Crippen LogP contribution in [0.25, 0.3) is 0 Å². The number of aromatic hydroxyl groups is 1. The van der Waals surface area contributed by atoms with Crippen LogP contribution in [0.2, 0.25) is 0 Å². The van der Waals surface area contributed by atoms with Gasteiger partial charge in [0.05, 0.1) is 0 Å². The van der Waals surface area contributed by atoms with Crippen molar-refractivity contribution in [2.24, 2.45) is 5.73 Å². The highest BCUT2D eigenvalue weighted by Crippen LogP contribution is 2.25. The second-order valence-electron chi connectivity index (χ2n) is 4.00. The van der Waals surface area contributed by atoms with E-state index in [4.69, 9.17) is 5.73 Å². The number of phenolic OH excluding ortho intramolecular Hbond substituents is 1. The van der Waals surface area contributed by atoms with Crippen molar-refractivity contribution < 1.29 is 14.3 Å². The second kappa shape index (κ2) is 5.81. The second-order valence-corrected chi connectivity index (χ2v) is 5.03. The smallest absolute Gasteiger partial charge is 0.239 e. The van der Waals surface area contributed by atoms with Crippen molar-refractivity contribution in [3.8, 4) is 5.75 Å². The maximum atomic E-state index is 13.2. The number of carbonyl (C=O) groups is 1. The van der Waals surface area contributed by atoms with E-state index in [1.165, 1.54) is 17.4 Å². The van der Waals surface area contributed by atoms with Crippen LogP contribution in [0, 0.1) is 5.82 Å². The molecule has 1 amide bonds. The fourth-order valence-corrected chi connectivity index (χ4v) is 2.39. The normalized spacial score (nSPS) is 12.3. The summed E-state index contributed by atoms with van der Waals surface area (Å²) in [6.45, 7) is 0.418. The van der Waals surface area contributed by atoms with Gasteiger partial charge in [0.15, 0.2) is 0 Å². The Labute approximate surface area is 113 Å². The van der Waals surface area contributed by atoms with Crippen molar-refractivity contribution in [2.45, 2.75) is 12.6 Å². The number of rotatable bonds is 5. The molecular formula is C13H13FN2O2S. The van der Waals surface area contributed by atoms with Crippen LogP contribution < -0.4 is 11.1 Å². The Morgan fingerprint density at radius 1 is 1.47 bits per heavy atom. The number of primary amides is 1. The van der Waals surface area contributed by atoms with Gasteiger partial charge >= 0.3 is 0 Å². The first-order valence-electron chi connectivity index (χ1n) is 5.61. The molecule has 2 rings (SSSR count). The highest BCUT2D eigenvalue weighted by molar-refractivity contribution is 7.09. The topological polar surface area (TPSA) is 75.4 Å². The third-order valence-electron chi connectivity index (χ3n) is 2.65. The monoisotopic (exact) mass is 280 g/mol. The fourth-order valence-electron chi connectivity index (χ4n) is 1.74. The molecule has 0 radical (unpaired) electrons. The molecule has 6 heteroatoms. The zero-order valence-electron chi connectivity index (χ0n) is 9.97. The number of carbonyl (C=O) groups excluding carboxylic acids is 1. The van der Waals surface area contributed by atoms with Crippen LogP contribution in [-0.4, -0.2) is 11.0 Å². The quantitative estimate of drug-likeness (QED) is 0.783. The Bertz CT molecular complexity index is 572. The molecule has 0 fully saturated rings. The molecule has 100 valence electrons. The molecule has 1 unspecified atom stereocenters. The molecule has 1 heterocycles. The lowest BCUT2D eigenvalue weighted by molar-refractivity contribution is -0.120. The largest absolute Gasteiger partial charge is 0.508 e. The maximum Gasteiger partial charge on any atom is 0.239 e. The van der Waals surface area contributed by atoms with Gasteiger partial charge in [-0.2, -0.15) is 0 Å². The number of benzene rings is 1. The Balaban J connectivity index is 2.20. The Kier molecular flexibility index (Phi) is 4.13. The van der Waals surface area contributed by atoms with Gasteiger partial charge in [-0.1, -0.05) is 6.07 Å². The van der Waals surface area contributed by atoms with E-state index in [-0.39, 0.29) is 11.3 Å². The van der Waals surface area contributed by atoms with E-state index < -0.39 is 17.8 Å². The molecule has 0 saturated carbocycles. The number of amides is 1. The molecule has 1 aromatic carbocycles. The van der Waals surface area contributed by atoms with Crippen LogP contribution >= 0.6 is 11.3 Å². The summed E-state index contributed by atoms with van der Waals surface area (Å²) in [5, 5.41) is 14.5. The summed E-state index contributed by atoms with van der Waals surface area (Å²) in [7, 11) is 0. The van der Waals surface area contributed by atoms with Crippen LogP contribution in [0.5, 0.6) is 5.75 Å². The van der Waals surface area contributed by atoms with Crippen LogP contribution in [0.3, 0.4) is 0 Å². The van der Waals surface area contributed by atoms with Gasteiger partial charge in [-0.15, -0.1) is 11.3 Å². The highest BCUT2D eigenvalue weighted by Gasteiger charge is 2.21. The molecule has 4 N–H and O–H groups in total. The first-order valence-corrected chi connectivity index (χ1v) is 6.49. The fraction of sp³-hybridized carbons (Fsp3) is 0.154. The first-order chi connectivity index (χ1) is 9.08. The van der Waals surface area contributed by atoms with E-state index in [2.05, 4.69) is 5.32 Å². The molecular weight excluding hydrogens is 267 g/mol. The van der Waals surface area contributed by atoms with Crippen molar-refractivity contribution in [3.05, 3.63) is 52.0 Å². The van der Waals surface area contributed by atoms with Crippen molar-refractivity contribution in [2.75, 3.05) is 0 Å². The Morgan fingerprint density at radius 3 is 2.89 bits per heavy atom. The van der Waals surface area contributed by atoms with Crippen molar-refractivity contribution >= 4 is 17.2 Å². The standard InChI is InChI=1S/C13H13FN2O2S/c14-8-3-4-11(17)10(6-8)12(13(15)18)16-7-9-2-1-5-19-9/h1-6,12,16-17H,7H2,(H2,15,18). The van der Waals surface area contributed by atoms with Gasteiger partial charge in [0, 0.05) is 17.0 Å². The van der Waals surface area contributed by atoms with E-state index in [1.54, 1.807) is 0 Å². The van der Waals surface area contributed by atoms with Crippen molar-refractivity contribution in [3.63, 3.8) is 0 Å². The molecule has 1 atom stereocenters. The minimum absolute atomic E-state index is 0.143. The molecule has 0 spiro atoms. The van der Waals surface area contributed by atoms with Gasteiger partial charge in [0.25, 0.3) is 0 Å². The number of hydrogen-bond donors (Lipinski definition) is 3. The first kappa shape index (κ1) is 13.5. The highest BCUT2D eigenvalue weighted by atomic mass is 32.1. The minimum Gasteiger partial charge on any atom is -0.508 e. The molecule has 0 aliphatic carbocycles. The lowest BCUT2D eigenvalue weighted by Gasteiger charge is -2.16. The van der Waals surface area contributed by atoms with E-state index in [1.807, 2.05) is 17.5 Å². The summed E-state index contributed by atoms with van der Waals surface area (Å²) in [5.41, 5.74) is 5.44. The average Bonchev–Trinajstić information content (AvgIpc) is 2.86. The van der Waals surface area contributed by atoms with Crippen LogP contribution in [0.4, 0.5) is 4.39 Å².